The van der Waals surface area contributed by atoms with E-state index in [-0.39, 0.29) is 42.4 Å². The van der Waals surface area contributed by atoms with Crippen molar-refractivity contribution in [2.75, 3.05) is 0 Å². The minimum absolute atomic E-state index is 0.0430. The van der Waals surface area contributed by atoms with E-state index in [9.17, 15) is 26.3 Å². The highest BCUT2D eigenvalue weighted by Gasteiger charge is 2.37. The van der Waals surface area contributed by atoms with Gasteiger partial charge in [-0.1, -0.05) is 34.1 Å². The number of rotatable bonds is 4. The molecular weight excluding hydrogens is 848 g/mol. The molecule has 0 N–H and O–H groups in total. The van der Waals surface area contributed by atoms with E-state index in [1.807, 2.05) is 0 Å². The lowest BCUT2D eigenvalue weighted by Crippen LogP contribution is -3.62. The highest BCUT2D eigenvalue weighted by Crippen LogP contribution is 2.21. The summed E-state index contributed by atoms with van der Waals surface area (Å²) in [6, 6.07) is 28.8. The molecule has 0 unspecified atom stereocenters. The number of halogens is 9. The number of hydrogen-bond donors (Lipinski definition) is 0. The van der Waals surface area contributed by atoms with E-state index < -0.39 is 31.3 Å². The minimum Gasteiger partial charge on any atom is -0.741 e. The van der Waals surface area contributed by atoms with Crippen LogP contribution in [0.15, 0.2) is 83.3 Å². The molecule has 0 bridgehead atoms. The molecule has 37 heavy (non-hydrogen) atoms. The monoisotopic (exact) mass is 860 g/mol. The molecule has 0 amide bonds. The quantitative estimate of drug-likeness (QED) is 0.141. The summed E-state index contributed by atoms with van der Waals surface area (Å²) in [6.07, 6.45) is 0. The third-order valence-corrected chi connectivity index (χ3v) is 10.4. The van der Waals surface area contributed by atoms with Crippen LogP contribution in [-0.2, 0) is 20.2 Å². The lowest BCUT2D eigenvalue weighted by atomic mass is 10.4. The van der Waals surface area contributed by atoms with Crippen LogP contribution in [0.2, 0.25) is 0 Å². The summed E-state index contributed by atoms with van der Waals surface area (Å²) in [4.78, 5) is 0. The first kappa shape index (κ1) is 34.0. The van der Waals surface area contributed by atoms with Crippen molar-refractivity contribution in [2.45, 2.75) is 11.0 Å². The first-order valence-corrected chi connectivity index (χ1v) is 17.0. The molecule has 3 aromatic rings. The van der Waals surface area contributed by atoms with Crippen molar-refractivity contribution in [1.29, 1.82) is 0 Å². The SMILES string of the molecule is Brc1ccc([I+]c2ccc([I+]c3ccccc3)cc2)cc1.O=S(=O)([O-])C(F)(F)F.O=S(=O)([O-])C(F)(F)F. The molecule has 0 saturated heterocycles. The molecule has 3 aromatic carbocycles. The average Bonchev–Trinajstić information content (AvgIpc) is 2.76. The van der Waals surface area contributed by atoms with Gasteiger partial charge in [0.05, 0.1) is 0 Å². The van der Waals surface area contributed by atoms with Gasteiger partial charge >= 0.3 is 53.4 Å². The van der Waals surface area contributed by atoms with Crippen molar-refractivity contribution in [3.05, 3.63) is 97.6 Å². The van der Waals surface area contributed by atoms with Crippen molar-refractivity contribution >= 4 is 36.2 Å². The third-order valence-electron chi connectivity index (χ3n) is 3.34. The van der Waals surface area contributed by atoms with Gasteiger partial charge in [0.25, 0.3) is 0 Å². The maximum absolute atomic E-state index is 10.7. The third kappa shape index (κ3) is 13.6. The fraction of sp³-hybridized carbons (Fsp3) is 0.100. The molecule has 0 aliphatic rings. The van der Waals surface area contributed by atoms with Crippen LogP contribution in [0.25, 0.3) is 0 Å². The molecule has 0 aliphatic carbocycles. The standard InChI is InChI=1S/C18H13BrI2.2CHF3O3S/c19-14-6-8-16(9-7-14)21-18-12-10-17(11-13-18)20-15-4-2-1-3-5-15;2*2-1(3,4)8(5,6)7/h1-13H;2*(H,5,6,7)/q+2;;/p-2. The fourth-order valence-corrected chi connectivity index (χ4v) is 6.41. The predicted octanol–water partition coefficient (Wildman–Crippen LogP) is -1.19. The minimum atomic E-state index is -6.09. The van der Waals surface area contributed by atoms with Crippen LogP contribution in [0.1, 0.15) is 0 Å². The summed E-state index contributed by atoms with van der Waals surface area (Å²) in [5.74, 6) is 0. The topological polar surface area (TPSA) is 114 Å². The van der Waals surface area contributed by atoms with E-state index in [1.54, 1.807) is 0 Å². The Morgan fingerprint density at radius 2 is 0.784 bits per heavy atom. The Hall–Kier alpha value is -1.00. The molecule has 0 aliphatic heterocycles. The van der Waals surface area contributed by atoms with Gasteiger partial charge in [-0.2, -0.15) is 26.3 Å². The highest BCUT2D eigenvalue weighted by atomic mass is 127. The Bertz CT molecular complexity index is 1290. The molecule has 204 valence electrons. The van der Waals surface area contributed by atoms with Crippen molar-refractivity contribution in [3.63, 3.8) is 0 Å². The van der Waals surface area contributed by atoms with Crippen LogP contribution >= 0.6 is 15.9 Å². The van der Waals surface area contributed by atoms with E-state index in [2.05, 4.69) is 94.8 Å². The van der Waals surface area contributed by atoms with Gasteiger partial charge in [0.15, 0.2) is 34.5 Å². The zero-order chi connectivity index (χ0) is 28.5. The molecule has 6 nitrogen and oxygen atoms in total. The van der Waals surface area contributed by atoms with Crippen LogP contribution in [0.5, 0.6) is 0 Å². The van der Waals surface area contributed by atoms with Gasteiger partial charge in [0, 0.05) is 4.47 Å². The highest BCUT2D eigenvalue weighted by molar-refractivity contribution is 9.10. The second-order valence-corrected chi connectivity index (χ2v) is 15.9. The van der Waals surface area contributed by atoms with Crippen molar-refractivity contribution in [1.82, 2.24) is 0 Å². The Balaban J connectivity index is 0.000000355. The molecule has 0 aromatic heterocycles. The predicted molar refractivity (Wildman–Crippen MR) is 113 cm³/mol. The van der Waals surface area contributed by atoms with Crippen molar-refractivity contribution < 1.29 is 94.7 Å². The number of benzene rings is 3. The first-order valence-electron chi connectivity index (χ1n) is 9.04. The molecule has 0 fully saturated rings. The molecule has 17 heteroatoms. The van der Waals surface area contributed by atoms with Gasteiger partial charge in [-0.05, 0) is 60.7 Å². The largest absolute Gasteiger partial charge is 0.741 e. The van der Waals surface area contributed by atoms with E-state index in [0.29, 0.717) is 0 Å². The van der Waals surface area contributed by atoms with Crippen LogP contribution in [0, 0.1) is 14.3 Å². The van der Waals surface area contributed by atoms with E-state index in [0.717, 1.165) is 4.47 Å². The number of alkyl halides is 6. The molecule has 0 saturated carbocycles. The maximum atomic E-state index is 10.7. The maximum Gasteiger partial charge on any atom is 0.485 e. The van der Waals surface area contributed by atoms with Gasteiger partial charge in [0.1, 0.15) is 0 Å². The second-order valence-electron chi connectivity index (χ2n) is 6.16. The summed E-state index contributed by atoms with van der Waals surface area (Å²) >= 11 is 3.38. The van der Waals surface area contributed by atoms with Gasteiger partial charge in [0.2, 0.25) is 0 Å². The average molecular weight is 861 g/mol. The van der Waals surface area contributed by atoms with Crippen LogP contribution in [-0.4, -0.2) is 37.0 Å². The Morgan fingerprint density at radius 1 is 0.541 bits per heavy atom. The molecule has 0 radical (unpaired) electrons. The summed E-state index contributed by atoms with van der Waals surface area (Å²) in [6.45, 7) is 0. The van der Waals surface area contributed by atoms with Gasteiger partial charge < -0.3 is 9.11 Å². The van der Waals surface area contributed by atoms with Crippen LogP contribution in [0.4, 0.5) is 26.3 Å². The Kier molecular flexibility index (Phi) is 13.2. The molecule has 0 heterocycles. The van der Waals surface area contributed by atoms with E-state index in [4.69, 9.17) is 25.9 Å². The smallest absolute Gasteiger partial charge is 0.485 e. The number of hydrogen-bond acceptors (Lipinski definition) is 6. The molecule has 0 spiro atoms. The van der Waals surface area contributed by atoms with Gasteiger partial charge in [-0.3, -0.25) is 0 Å². The summed E-state index contributed by atoms with van der Waals surface area (Å²) < 4.78 is 125. The molecule has 0 atom stereocenters. The summed E-state index contributed by atoms with van der Waals surface area (Å²) in [5, 5.41) is 0. The first-order chi connectivity index (χ1) is 16.8. The second kappa shape index (κ2) is 14.4. The van der Waals surface area contributed by atoms with Gasteiger partial charge in [-0.15, -0.1) is 0 Å². The van der Waals surface area contributed by atoms with Crippen molar-refractivity contribution in [2.24, 2.45) is 0 Å². The van der Waals surface area contributed by atoms with E-state index >= 15 is 0 Å². The Morgan fingerprint density at radius 3 is 1.05 bits per heavy atom. The normalized spacial score (nSPS) is 12.0. The van der Waals surface area contributed by atoms with E-state index in [1.165, 1.54) is 14.3 Å². The zero-order valence-corrected chi connectivity index (χ0v) is 25.2. The van der Waals surface area contributed by atoms with Crippen LogP contribution < -0.4 is 42.4 Å². The van der Waals surface area contributed by atoms with Crippen LogP contribution in [0.3, 0.4) is 0 Å². The lowest BCUT2D eigenvalue weighted by Gasteiger charge is -2.08. The lowest BCUT2D eigenvalue weighted by molar-refractivity contribution is -0.603. The van der Waals surface area contributed by atoms with Gasteiger partial charge in [-0.25, -0.2) is 16.8 Å². The molecular formula is C20H13BrF6I2O6S2. The molecule has 3 rings (SSSR count). The van der Waals surface area contributed by atoms with Crippen molar-refractivity contribution in [3.8, 4) is 0 Å². The summed E-state index contributed by atoms with van der Waals surface area (Å²) in [5.41, 5.74) is -11.3. The zero-order valence-electron chi connectivity index (χ0n) is 17.7. The summed E-state index contributed by atoms with van der Waals surface area (Å²) in [7, 11) is -12.2. The Labute approximate surface area is 237 Å². The fourth-order valence-electron chi connectivity index (χ4n) is 1.78.